The zero-order valence-corrected chi connectivity index (χ0v) is 8.62. The first-order valence-corrected chi connectivity index (χ1v) is 4.89. The Hall–Kier alpha value is -1.53. The van der Waals surface area contributed by atoms with E-state index in [1.807, 2.05) is 0 Å². The highest BCUT2D eigenvalue weighted by molar-refractivity contribution is 6.32. The molecule has 1 aliphatic carbocycles. The molecule has 0 heterocycles. The summed E-state index contributed by atoms with van der Waals surface area (Å²) in [5.74, 6) is 2.72. The molecule has 1 fully saturated rings. The predicted octanol–water partition coefficient (Wildman–Crippen LogP) is 2.91. The normalized spacial score (nSPS) is 16.8. The molecule has 0 N–H and O–H groups in total. The van der Waals surface area contributed by atoms with Crippen LogP contribution in [0.25, 0.3) is 0 Å². The fraction of sp³-hybridized carbons (Fsp3) is 0.273. The molecule has 4 heteroatoms. The molecule has 0 aromatic heterocycles. The molecule has 0 radical (unpaired) electrons. The molecule has 1 aromatic rings. The summed E-state index contributed by atoms with van der Waals surface area (Å²) in [5, 5.41) is 10.7. The van der Waals surface area contributed by atoms with Crippen molar-refractivity contribution in [3.63, 3.8) is 0 Å². The Balaban J connectivity index is 2.43. The summed E-state index contributed by atoms with van der Waals surface area (Å²) in [4.78, 5) is 10.1. The van der Waals surface area contributed by atoms with Gasteiger partial charge in [0.05, 0.1) is 10.3 Å². The standard InChI is InChI=1S/C11H8ClNO2/c1-2-11(5-6-11)8-3-4-10(13(14)15)9(12)7-8/h1,3-4,7H,5-6H2. The molecule has 1 aromatic carbocycles. The van der Waals surface area contributed by atoms with E-state index in [-0.39, 0.29) is 16.1 Å². The van der Waals surface area contributed by atoms with Gasteiger partial charge in [0.25, 0.3) is 5.69 Å². The van der Waals surface area contributed by atoms with E-state index in [9.17, 15) is 10.1 Å². The molecular weight excluding hydrogens is 214 g/mol. The van der Waals surface area contributed by atoms with Crippen LogP contribution < -0.4 is 0 Å². The maximum atomic E-state index is 10.5. The summed E-state index contributed by atoms with van der Waals surface area (Å²) in [7, 11) is 0. The highest BCUT2D eigenvalue weighted by atomic mass is 35.5. The van der Waals surface area contributed by atoms with Crippen molar-refractivity contribution in [3.05, 3.63) is 38.9 Å². The van der Waals surface area contributed by atoms with E-state index < -0.39 is 4.92 Å². The summed E-state index contributed by atoms with van der Waals surface area (Å²) in [6, 6.07) is 4.71. The lowest BCUT2D eigenvalue weighted by Crippen LogP contribution is -2.02. The van der Waals surface area contributed by atoms with Gasteiger partial charge in [-0.3, -0.25) is 10.1 Å². The van der Waals surface area contributed by atoms with Crippen molar-refractivity contribution in [3.8, 4) is 12.3 Å². The van der Waals surface area contributed by atoms with E-state index in [0.29, 0.717) is 0 Å². The summed E-state index contributed by atoms with van der Waals surface area (Å²) < 4.78 is 0. The minimum absolute atomic E-state index is 0.0757. The van der Waals surface area contributed by atoms with Crippen molar-refractivity contribution < 1.29 is 4.92 Å². The van der Waals surface area contributed by atoms with Crippen LogP contribution >= 0.6 is 11.6 Å². The number of rotatable bonds is 2. The van der Waals surface area contributed by atoms with Gasteiger partial charge in [0.1, 0.15) is 5.02 Å². The predicted molar refractivity (Wildman–Crippen MR) is 57.9 cm³/mol. The highest BCUT2D eigenvalue weighted by Crippen LogP contribution is 2.48. The molecule has 0 saturated heterocycles. The SMILES string of the molecule is C#CC1(c2ccc([N+](=O)[O-])c(Cl)c2)CC1. The molecule has 1 saturated carbocycles. The van der Waals surface area contributed by atoms with Gasteiger partial charge in [0.2, 0.25) is 0 Å². The Morgan fingerprint density at radius 2 is 2.20 bits per heavy atom. The quantitative estimate of drug-likeness (QED) is 0.438. The summed E-state index contributed by atoms with van der Waals surface area (Å²) >= 11 is 5.80. The van der Waals surface area contributed by atoms with Crippen LogP contribution in [0.2, 0.25) is 5.02 Å². The van der Waals surface area contributed by atoms with Crippen molar-refractivity contribution in [2.24, 2.45) is 0 Å². The fourth-order valence-corrected chi connectivity index (χ4v) is 1.84. The third kappa shape index (κ3) is 1.57. The second-order valence-corrected chi connectivity index (χ2v) is 4.06. The summed E-state index contributed by atoms with van der Waals surface area (Å²) in [6.45, 7) is 0. The van der Waals surface area contributed by atoms with E-state index in [1.165, 1.54) is 6.07 Å². The molecule has 0 unspecified atom stereocenters. The van der Waals surface area contributed by atoms with Crippen molar-refractivity contribution in [1.82, 2.24) is 0 Å². The number of benzene rings is 1. The molecule has 0 aliphatic heterocycles. The van der Waals surface area contributed by atoms with Crippen molar-refractivity contribution >= 4 is 17.3 Å². The Kier molecular flexibility index (Phi) is 2.17. The van der Waals surface area contributed by atoms with Crippen LogP contribution in [0.1, 0.15) is 18.4 Å². The Labute approximate surface area is 92.2 Å². The van der Waals surface area contributed by atoms with E-state index in [4.69, 9.17) is 18.0 Å². The first kappa shape index (κ1) is 10.0. The van der Waals surface area contributed by atoms with Gasteiger partial charge in [-0.25, -0.2) is 0 Å². The van der Waals surface area contributed by atoms with E-state index in [2.05, 4.69) is 5.92 Å². The highest BCUT2D eigenvalue weighted by Gasteiger charge is 2.43. The van der Waals surface area contributed by atoms with Crippen LogP contribution in [0.4, 0.5) is 5.69 Å². The Morgan fingerprint density at radius 1 is 1.53 bits per heavy atom. The average molecular weight is 222 g/mol. The average Bonchev–Trinajstić information content (AvgIpc) is 2.97. The number of hydrogen-bond donors (Lipinski definition) is 0. The van der Waals surface area contributed by atoms with E-state index >= 15 is 0 Å². The first-order valence-electron chi connectivity index (χ1n) is 4.51. The summed E-state index contributed by atoms with van der Waals surface area (Å²) in [5.41, 5.74) is 0.604. The van der Waals surface area contributed by atoms with Gasteiger partial charge in [0, 0.05) is 6.07 Å². The number of nitrogens with zero attached hydrogens (tertiary/aromatic N) is 1. The van der Waals surface area contributed by atoms with Gasteiger partial charge in [-0.05, 0) is 24.5 Å². The number of terminal acetylenes is 1. The van der Waals surface area contributed by atoms with Crippen LogP contribution in [-0.4, -0.2) is 4.92 Å². The molecule has 0 bridgehead atoms. The van der Waals surface area contributed by atoms with Crippen molar-refractivity contribution in [2.45, 2.75) is 18.3 Å². The van der Waals surface area contributed by atoms with Gasteiger partial charge in [-0.2, -0.15) is 0 Å². The van der Waals surface area contributed by atoms with Crippen LogP contribution in [0, 0.1) is 22.5 Å². The molecule has 2 rings (SSSR count). The zero-order valence-electron chi connectivity index (χ0n) is 7.87. The number of nitro benzene ring substituents is 1. The third-order valence-corrected chi connectivity index (χ3v) is 3.03. The first-order chi connectivity index (χ1) is 7.09. The molecular formula is C11H8ClNO2. The van der Waals surface area contributed by atoms with Gasteiger partial charge in [0.15, 0.2) is 0 Å². The minimum Gasteiger partial charge on any atom is -0.258 e. The third-order valence-electron chi connectivity index (χ3n) is 2.72. The molecule has 1 aliphatic rings. The monoisotopic (exact) mass is 221 g/mol. The molecule has 0 amide bonds. The molecule has 3 nitrogen and oxygen atoms in total. The lowest BCUT2D eigenvalue weighted by atomic mass is 9.97. The second-order valence-electron chi connectivity index (χ2n) is 3.65. The van der Waals surface area contributed by atoms with Crippen LogP contribution in [0.3, 0.4) is 0 Å². The smallest absolute Gasteiger partial charge is 0.258 e. The summed E-state index contributed by atoms with van der Waals surface area (Å²) in [6.07, 6.45) is 7.28. The Bertz CT molecular complexity index is 472. The largest absolute Gasteiger partial charge is 0.287 e. The second kappa shape index (κ2) is 3.25. The lowest BCUT2D eigenvalue weighted by Gasteiger charge is -2.07. The topological polar surface area (TPSA) is 43.1 Å². The Morgan fingerprint density at radius 3 is 2.60 bits per heavy atom. The maximum absolute atomic E-state index is 10.5. The number of nitro groups is 1. The van der Waals surface area contributed by atoms with Gasteiger partial charge in [-0.1, -0.05) is 23.6 Å². The number of hydrogen-bond acceptors (Lipinski definition) is 2. The van der Waals surface area contributed by atoms with Gasteiger partial charge in [-0.15, -0.1) is 6.42 Å². The molecule has 0 atom stereocenters. The maximum Gasteiger partial charge on any atom is 0.287 e. The molecule has 76 valence electrons. The zero-order chi connectivity index (χ0) is 11.1. The van der Waals surface area contributed by atoms with Crippen LogP contribution in [0.5, 0.6) is 0 Å². The van der Waals surface area contributed by atoms with E-state index in [0.717, 1.165) is 18.4 Å². The lowest BCUT2D eigenvalue weighted by molar-refractivity contribution is -0.384. The molecule has 15 heavy (non-hydrogen) atoms. The van der Waals surface area contributed by atoms with Gasteiger partial charge < -0.3 is 0 Å². The minimum atomic E-state index is -0.498. The number of halogens is 1. The fourth-order valence-electron chi connectivity index (χ4n) is 1.59. The van der Waals surface area contributed by atoms with E-state index in [1.54, 1.807) is 12.1 Å². The van der Waals surface area contributed by atoms with Crippen molar-refractivity contribution in [1.29, 1.82) is 0 Å². The van der Waals surface area contributed by atoms with Crippen LogP contribution in [-0.2, 0) is 5.41 Å². The molecule has 0 spiro atoms. The van der Waals surface area contributed by atoms with Crippen LogP contribution in [0.15, 0.2) is 18.2 Å². The van der Waals surface area contributed by atoms with Crippen molar-refractivity contribution in [2.75, 3.05) is 0 Å². The van der Waals surface area contributed by atoms with Gasteiger partial charge >= 0.3 is 0 Å².